The highest BCUT2D eigenvalue weighted by Gasteiger charge is 2.42. The number of halogens is 3. The number of nitrogens with zero attached hydrogens (tertiary/aromatic N) is 2. The molecule has 0 radical (unpaired) electrons. The summed E-state index contributed by atoms with van der Waals surface area (Å²) in [6, 6.07) is 2.52. The largest absolute Gasteiger partial charge is 0.391 e. The van der Waals surface area contributed by atoms with Crippen LogP contribution >= 0.6 is 0 Å². The van der Waals surface area contributed by atoms with Crippen molar-refractivity contribution >= 4 is 0 Å². The highest BCUT2D eigenvalue weighted by molar-refractivity contribution is 4.96. The van der Waals surface area contributed by atoms with Gasteiger partial charge in [-0.05, 0) is 38.8 Å². The Morgan fingerprint density at radius 1 is 1.00 bits per heavy atom. The molecule has 0 aromatic carbocycles. The standard InChI is InChI=1S/C13H19F3N2/c14-13(15,16)11-5-7-18(8-6-11)12-4-2-1-3-10(12)9-17/h10-12H,1-8H2. The van der Waals surface area contributed by atoms with Crippen LogP contribution in [0.3, 0.4) is 0 Å². The summed E-state index contributed by atoms with van der Waals surface area (Å²) in [5.41, 5.74) is 0. The summed E-state index contributed by atoms with van der Waals surface area (Å²) in [6.07, 6.45) is 0.384. The zero-order valence-corrected chi connectivity index (χ0v) is 10.4. The lowest BCUT2D eigenvalue weighted by Crippen LogP contribution is -2.48. The van der Waals surface area contributed by atoms with Gasteiger partial charge in [-0.25, -0.2) is 0 Å². The SMILES string of the molecule is N#CC1CCCCC1N1CCC(C(F)(F)F)CC1. The van der Waals surface area contributed by atoms with Gasteiger partial charge in [0.2, 0.25) is 0 Å². The van der Waals surface area contributed by atoms with E-state index in [4.69, 9.17) is 5.26 Å². The third-order valence-corrected chi connectivity index (χ3v) is 4.36. The normalized spacial score (nSPS) is 32.1. The van der Waals surface area contributed by atoms with E-state index in [1.54, 1.807) is 0 Å². The first kappa shape index (κ1) is 13.7. The summed E-state index contributed by atoms with van der Waals surface area (Å²) < 4.78 is 37.7. The topological polar surface area (TPSA) is 27.0 Å². The molecule has 1 aliphatic heterocycles. The molecule has 0 bridgehead atoms. The van der Waals surface area contributed by atoms with Gasteiger partial charge in [0, 0.05) is 6.04 Å². The number of nitriles is 1. The van der Waals surface area contributed by atoms with Gasteiger partial charge < -0.3 is 0 Å². The lowest BCUT2D eigenvalue weighted by Gasteiger charge is -2.41. The van der Waals surface area contributed by atoms with E-state index in [1.807, 2.05) is 0 Å². The highest BCUT2D eigenvalue weighted by atomic mass is 19.4. The molecule has 2 unspecified atom stereocenters. The number of hydrogen-bond acceptors (Lipinski definition) is 2. The molecule has 0 N–H and O–H groups in total. The smallest absolute Gasteiger partial charge is 0.299 e. The first-order valence-electron chi connectivity index (χ1n) is 6.72. The monoisotopic (exact) mass is 260 g/mol. The molecule has 1 aliphatic carbocycles. The molecule has 5 heteroatoms. The average molecular weight is 260 g/mol. The Labute approximate surface area is 106 Å². The summed E-state index contributed by atoms with van der Waals surface area (Å²) in [5.74, 6) is -1.13. The van der Waals surface area contributed by atoms with Crippen molar-refractivity contribution in [2.45, 2.75) is 50.7 Å². The Balaban J connectivity index is 1.91. The second-order valence-corrected chi connectivity index (χ2v) is 5.44. The van der Waals surface area contributed by atoms with Crippen molar-refractivity contribution in [1.29, 1.82) is 5.26 Å². The second-order valence-electron chi connectivity index (χ2n) is 5.44. The van der Waals surface area contributed by atoms with Crippen LogP contribution < -0.4 is 0 Å². The lowest BCUT2D eigenvalue weighted by atomic mass is 9.83. The zero-order chi connectivity index (χ0) is 13.2. The van der Waals surface area contributed by atoms with Crippen molar-refractivity contribution in [3.63, 3.8) is 0 Å². The lowest BCUT2D eigenvalue weighted by molar-refractivity contribution is -0.186. The van der Waals surface area contributed by atoms with Crippen LogP contribution in [-0.4, -0.2) is 30.2 Å². The maximum Gasteiger partial charge on any atom is 0.391 e. The number of alkyl halides is 3. The van der Waals surface area contributed by atoms with Crippen LogP contribution in [0.25, 0.3) is 0 Å². The van der Waals surface area contributed by atoms with E-state index in [9.17, 15) is 13.2 Å². The molecule has 2 fully saturated rings. The minimum Gasteiger partial charge on any atom is -0.299 e. The van der Waals surface area contributed by atoms with Crippen LogP contribution in [0.4, 0.5) is 13.2 Å². The molecule has 2 nitrogen and oxygen atoms in total. The Morgan fingerprint density at radius 2 is 1.61 bits per heavy atom. The number of piperidine rings is 1. The molecular weight excluding hydrogens is 241 g/mol. The molecule has 0 spiro atoms. The predicted molar refractivity (Wildman–Crippen MR) is 61.7 cm³/mol. The van der Waals surface area contributed by atoms with E-state index in [1.165, 1.54) is 0 Å². The Morgan fingerprint density at radius 3 is 2.17 bits per heavy atom. The average Bonchev–Trinajstić information content (AvgIpc) is 2.38. The molecule has 2 atom stereocenters. The van der Waals surface area contributed by atoms with E-state index in [2.05, 4.69) is 11.0 Å². The molecule has 2 aliphatic rings. The summed E-state index contributed by atoms with van der Waals surface area (Å²) in [4.78, 5) is 2.12. The summed E-state index contributed by atoms with van der Waals surface area (Å²) in [6.45, 7) is 0.986. The van der Waals surface area contributed by atoms with Gasteiger partial charge in [0.1, 0.15) is 0 Å². The van der Waals surface area contributed by atoms with Crippen LogP contribution in [0.1, 0.15) is 38.5 Å². The van der Waals surface area contributed by atoms with Crippen molar-refractivity contribution in [3.8, 4) is 6.07 Å². The fourth-order valence-corrected chi connectivity index (χ4v) is 3.26. The van der Waals surface area contributed by atoms with Gasteiger partial charge in [-0.2, -0.15) is 18.4 Å². The zero-order valence-electron chi connectivity index (χ0n) is 10.4. The summed E-state index contributed by atoms with van der Waals surface area (Å²) in [7, 11) is 0. The number of rotatable bonds is 1. The van der Waals surface area contributed by atoms with Crippen molar-refractivity contribution < 1.29 is 13.2 Å². The third-order valence-electron chi connectivity index (χ3n) is 4.36. The van der Waals surface area contributed by atoms with Crippen molar-refractivity contribution in [3.05, 3.63) is 0 Å². The molecule has 2 rings (SSSR count). The molecule has 102 valence electrons. The van der Waals surface area contributed by atoms with E-state index in [0.717, 1.165) is 25.7 Å². The molecule has 0 aromatic heterocycles. The molecule has 0 aromatic rings. The van der Waals surface area contributed by atoms with Gasteiger partial charge in [0.25, 0.3) is 0 Å². The molecule has 1 saturated carbocycles. The first-order valence-corrected chi connectivity index (χ1v) is 6.72. The fraction of sp³-hybridized carbons (Fsp3) is 0.923. The van der Waals surface area contributed by atoms with E-state index >= 15 is 0 Å². The molecular formula is C13H19F3N2. The van der Waals surface area contributed by atoms with Crippen LogP contribution in [0.2, 0.25) is 0 Å². The van der Waals surface area contributed by atoms with Crippen molar-refractivity contribution in [2.24, 2.45) is 11.8 Å². The van der Waals surface area contributed by atoms with Gasteiger partial charge in [-0.1, -0.05) is 12.8 Å². The maximum atomic E-state index is 12.6. The van der Waals surface area contributed by atoms with Crippen LogP contribution in [0.15, 0.2) is 0 Å². The first-order chi connectivity index (χ1) is 8.52. The van der Waals surface area contributed by atoms with Crippen LogP contribution in [-0.2, 0) is 0 Å². The summed E-state index contributed by atoms with van der Waals surface area (Å²) >= 11 is 0. The summed E-state index contributed by atoms with van der Waals surface area (Å²) in [5, 5.41) is 9.12. The van der Waals surface area contributed by atoms with Gasteiger partial charge >= 0.3 is 6.18 Å². The van der Waals surface area contributed by atoms with E-state index in [0.29, 0.717) is 13.1 Å². The third kappa shape index (κ3) is 2.97. The van der Waals surface area contributed by atoms with Gasteiger partial charge in [0.05, 0.1) is 17.9 Å². The van der Waals surface area contributed by atoms with Crippen molar-refractivity contribution in [2.75, 3.05) is 13.1 Å². The quantitative estimate of drug-likeness (QED) is 0.723. The fourth-order valence-electron chi connectivity index (χ4n) is 3.26. The van der Waals surface area contributed by atoms with Gasteiger partial charge in [-0.15, -0.1) is 0 Å². The van der Waals surface area contributed by atoms with Crippen molar-refractivity contribution in [1.82, 2.24) is 4.90 Å². The minimum atomic E-state index is -4.05. The minimum absolute atomic E-state index is 0.0150. The molecule has 18 heavy (non-hydrogen) atoms. The highest BCUT2D eigenvalue weighted by Crippen LogP contribution is 2.37. The van der Waals surface area contributed by atoms with Gasteiger partial charge in [0.15, 0.2) is 0 Å². The van der Waals surface area contributed by atoms with E-state index in [-0.39, 0.29) is 24.8 Å². The molecule has 1 heterocycles. The predicted octanol–water partition coefficient (Wildman–Crippen LogP) is 3.34. The van der Waals surface area contributed by atoms with Crippen LogP contribution in [0, 0.1) is 23.2 Å². The number of likely N-dealkylation sites (tertiary alicyclic amines) is 1. The Bertz CT molecular complexity index is 313. The van der Waals surface area contributed by atoms with E-state index < -0.39 is 12.1 Å². The Kier molecular flexibility index (Phi) is 4.16. The second kappa shape index (κ2) is 5.48. The molecule has 1 saturated heterocycles. The van der Waals surface area contributed by atoms with Crippen LogP contribution in [0.5, 0.6) is 0 Å². The number of hydrogen-bond donors (Lipinski definition) is 0. The maximum absolute atomic E-state index is 12.6. The van der Waals surface area contributed by atoms with Gasteiger partial charge in [-0.3, -0.25) is 4.90 Å². The Hall–Kier alpha value is -0.760. The molecule has 0 amide bonds.